The van der Waals surface area contributed by atoms with E-state index in [4.69, 9.17) is 6.42 Å². The fourth-order valence-electron chi connectivity index (χ4n) is 2.36. The van der Waals surface area contributed by atoms with Crippen molar-refractivity contribution >= 4 is 33.6 Å². The minimum Gasteiger partial charge on any atom is -0.327 e. The molecule has 1 aliphatic rings. The van der Waals surface area contributed by atoms with Crippen molar-refractivity contribution in [3.05, 3.63) is 28.7 Å². The number of likely N-dealkylation sites (tertiary alicyclic amines) is 1. The molecule has 0 spiro atoms. The molecule has 0 aliphatic carbocycles. The summed E-state index contributed by atoms with van der Waals surface area (Å²) >= 11 is 3.36. The Bertz CT molecular complexity index is 572. The molecule has 1 fully saturated rings. The van der Waals surface area contributed by atoms with E-state index in [1.54, 1.807) is 4.90 Å². The second-order valence-corrected chi connectivity index (χ2v) is 6.04. The van der Waals surface area contributed by atoms with Crippen molar-refractivity contribution in [2.75, 3.05) is 25.0 Å². The van der Waals surface area contributed by atoms with Gasteiger partial charge in [-0.1, -0.05) is 21.9 Å². The van der Waals surface area contributed by atoms with Crippen LogP contribution in [0, 0.1) is 18.3 Å². The number of terminal acetylenes is 1. The number of anilines is 1. The van der Waals surface area contributed by atoms with Crippen LogP contribution in [-0.4, -0.2) is 36.5 Å². The van der Waals surface area contributed by atoms with Crippen LogP contribution in [-0.2, 0) is 4.79 Å². The fourth-order valence-corrected chi connectivity index (χ4v) is 2.63. The van der Waals surface area contributed by atoms with Gasteiger partial charge in [-0.15, -0.1) is 6.42 Å². The minimum absolute atomic E-state index is 0.00556. The third kappa shape index (κ3) is 4.50. The van der Waals surface area contributed by atoms with Crippen molar-refractivity contribution in [1.82, 2.24) is 10.2 Å². The molecule has 2 rings (SSSR count). The number of carbonyl (C=O) groups excluding carboxylic acids is 2. The lowest BCUT2D eigenvalue weighted by Gasteiger charge is -2.31. The monoisotopic (exact) mass is 363 g/mol. The Morgan fingerprint density at radius 1 is 1.27 bits per heavy atom. The van der Waals surface area contributed by atoms with Crippen molar-refractivity contribution in [2.24, 2.45) is 5.92 Å². The van der Waals surface area contributed by atoms with Crippen LogP contribution < -0.4 is 10.6 Å². The zero-order chi connectivity index (χ0) is 15.9. The van der Waals surface area contributed by atoms with Gasteiger partial charge >= 0.3 is 6.03 Å². The number of hydrogen-bond acceptors (Lipinski definition) is 2. The van der Waals surface area contributed by atoms with E-state index in [0.717, 1.165) is 10.2 Å². The lowest BCUT2D eigenvalue weighted by Crippen LogP contribution is -2.46. The number of nitrogens with one attached hydrogen (secondary N) is 2. The van der Waals surface area contributed by atoms with Gasteiger partial charge in [-0.25, -0.2) is 4.79 Å². The fraction of sp³-hybridized carbons (Fsp3) is 0.375. The van der Waals surface area contributed by atoms with E-state index >= 15 is 0 Å². The van der Waals surface area contributed by atoms with E-state index in [1.807, 2.05) is 24.3 Å². The van der Waals surface area contributed by atoms with Crippen LogP contribution in [0.15, 0.2) is 28.7 Å². The Hall–Kier alpha value is -2.00. The number of nitrogens with zero attached hydrogens (tertiary/aromatic N) is 1. The molecule has 0 radical (unpaired) electrons. The summed E-state index contributed by atoms with van der Waals surface area (Å²) in [6, 6.07) is 7.31. The number of piperidine rings is 1. The zero-order valence-electron chi connectivity index (χ0n) is 12.1. The molecule has 0 aromatic heterocycles. The molecule has 0 unspecified atom stereocenters. The lowest BCUT2D eigenvalue weighted by atomic mass is 9.96. The van der Waals surface area contributed by atoms with Crippen LogP contribution in [0.1, 0.15) is 12.8 Å². The maximum atomic E-state index is 12.2. The van der Waals surface area contributed by atoms with Gasteiger partial charge in [0, 0.05) is 29.2 Å². The van der Waals surface area contributed by atoms with Gasteiger partial charge in [0.2, 0.25) is 5.91 Å². The first-order chi connectivity index (χ1) is 10.6. The molecule has 0 saturated carbocycles. The maximum absolute atomic E-state index is 12.2. The van der Waals surface area contributed by atoms with E-state index in [0.29, 0.717) is 25.9 Å². The molecule has 1 aromatic rings. The number of rotatable bonds is 3. The van der Waals surface area contributed by atoms with Crippen molar-refractivity contribution in [3.63, 3.8) is 0 Å². The first-order valence-corrected chi connectivity index (χ1v) is 7.92. The molecule has 1 aliphatic heterocycles. The van der Waals surface area contributed by atoms with E-state index < -0.39 is 0 Å². The van der Waals surface area contributed by atoms with Crippen molar-refractivity contribution < 1.29 is 9.59 Å². The average molecular weight is 364 g/mol. The Labute approximate surface area is 138 Å². The second-order valence-electron chi connectivity index (χ2n) is 5.12. The predicted octanol–water partition coefficient (Wildman–Crippen LogP) is 2.44. The van der Waals surface area contributed by atoms with Gasteiger partial charge in [0.15, 0.2) is 0 Å². The first kappa shape index (κ1) is 16.4. The molecule has 1 saturated heterocycles. The van der Waals surface area contributed by atoms with Crippen LogP contribution in [0.5, 0.6) is 0 Å². The number of hydrogen-bond donors (Lipinski definition) is 2. The highest BCUT2D eigenvalue weighted by Gasteiger charge is 2.27. The van der Waals surface area contributed by atoms with Crippen molar-refractivity contribution in [2.45, 2.75) is 12.8 Å². The number of carbonyl (C=O) groups is 2. The molecule has 22 heavy (non-hydrogen) atoms. The highest BCUT2D eigenvalue weighted by Crippen LogP contribution is 2.20. The Balaban J connectivity index is 1.81. The molecular weight excluding hydrogens is 346 g/mol. The third-order valence-corrected chi connectivity index (χ3v) is 4.14. The maximum Gasteiger partial charge on any atom is 0.318 e. The summed E-state index contributed by atoms with van der Waals surface area (Å²) in [5.74, 6) is 2.31. The number of amides is 3. The highest BCUT2D eigenvalue weighted by atomic mass is 79.9. The summed E-state index contributed by atoms with van der Waals surface area (Å²) in [4.78, 5) is 25.7. The molecule has 2 N–H and O–H groups in total. The van der Waals surface area contributed by atoms with Crippen LogP contribution in [0.4, 0.5) is 10.5 Å². The van der Waals surface area contributed by atoms with Crippen molar-refractivity contribution in [1.29, 1.82) is 0 Å². The molecule has 0 bridgehead atoms. The Kier molecular flexibility index (Phi) is 5.84. The molecule has 116 valence electrons. The number of urea groups is 1. The number of benzene rings is 1. The van der Waals surface area contributed by atoms with E-state index in [9.17, 15) is 9.59 Å². The van der Waals surface area contributed by atoms with Gasteiger partial charge in [-0.3, -0.25) is 4.79 Å². The van der Waals surface area contributed by atoms with E-state index in [2.05, 4.69) is 32.5 Å². The van der Waals surface area contributed by atoms with Gasteiger partial charge in [0.25, 0.3) is 0 Å². The standard InChI is InChI=1S/C16H18BrN3O2/c1-2-9-18-16(22)20-10-7-12(8-11-20)15(21)19-14-5-3-13(17)4-6-14/h1,3-6,12H,7-11H2,(H,18,22)(H,19,21). The smallest absolute Gasteiger partial charge is 0.318 e. The van der Waals surface area contributed by atoms with Gasteiger partial charge in [-0.05, 0) is 37.1 Å². The Morgan fingerprint density at radius 3 is 2.50 bits per heavy atom. The topological polar surface area (TPSA) is 61.4 Å². The molecule has 6 heteroatoms. The quantitative estimate of drug-likeness (QED) is 0.810. The highest BCUT2D eigenvalue weighted by molar-refractivity contribution is 9.10. The van der Waals surface area contributed by atoms with Gasteiger partial charge in [0.1, 0.15) is 0 Å². The van der Waals surface area contributed by atoms with Gasteiger partial charge < -0.3 is 15.5 Å². The van der Waals surface area contributed by atoms with Crippen LogP contribution in [0.2, 0.25) is 0 Å². The number of halogens is 1. The molecule has 0 atom stereocenters. The van der Waals surface area contributed by atoms with Crippen molar-refractivity contribution in [3.8, 4) is 12.3 Å². The lowest BCUT2D eigenvalue weighted by molar-refractivity contribution is -0.121. The summed E-state index contributed by atoms with van der Waals surface area (Å²) < 4.78 is 0.969. The molecule has 5 nitrogen and oxygen atoms in total. The molecule has 1 aromatic carbocycles. The third-order valence-electron chi connectivity index (χ3n) is 3.61. The first-order valence-electron chi connectivity index (χ1n) is 7.13. The Morgan fingerprint density at radius 2 is 1.91 bits per heavy atom. The SMILES string of the molecule is C#CCNC(=O)N1CCC(C(=O)Nc2ccc(Br)cc2)CC1. The second kappa shape index (κ2) is 7.85. The summed E-state index contributed by atoms with van der Waals surface area (Å²) in [7, 11) is 0. The van der Waals surface area contributed by atoms with Crippen LogP contribution in [0.3, 0.4) is 0 Å². The van der Waals surface area contributed by atoms with Crippen LogP contribution >= 0.6 is 15.9 Å². The van der Waals surface area contributed by atoms with Crippen LogP contribution in [0.25, 0.3) is 0 Å². The molecule has 3 amide bonds. The zero-order valence-corrected chi connectivity index (χ0v) is 13.7. The van der Waals surface area contributed by atoms with Gasteiger partial charge in [0.05, 0.1) is 6.54 Å². The summed E-state index contributed by atoms with van der Waals surface area (Å²) in [6.45, 7) is 1.35. The average Bonchev–Trinajstić information content (AvgIpc) is 2.55. The molecule has 1 heterocycles. The summed E-state index contributed by atoms with van der Waals surface area (Å²) in [5, 5.41) is 5.55. The van der Waals surface area contributed by atoms with Gasteiger partial charge in [-0.2, -0.15) is 0 Å². The van der Waals surface area contributed by atoms with E-state index in [1.165, 1.54) is 0 Å². The predicted molar refractivity (Wildman–Crippen MR) is 89.3 cm³/mol. The van der Waals surface area contributed by atoms with E-state index in [-0.39, 0.29) is 24.4 Å². The largest absolute Gasteiger partial charge is 0.327 e. The summed E-state index contributed by atoms with van der Waals surface area (Å²) in [5.41, 5.74) is 0.780. The summed E-state index contributed by atoms with van der Waals surface area (Å²) in [6.07, 6.45) is 6.43. The minimum atomic E-state index is -0.162. The molecular formula is C16H18BrN3O2. The normalized spacial score (nSPS) is 15.0.